The van der Waals surface area contributed by atoms with E-state index in [2.05, 4.69) is 20.6 Å². The third-order valence-electron chi connectivity index (χ3n) is 5.83. The van der Waals surface area contributed by atoms with E-state index in [9.17, 15) is 14.4 Å². The molecule has 12 heteroatoms. The number of nitrogens with one attached hydrogen (secondary N) is 1. The Labute approximate surface area is 204 Å². The lowest BCUT2D eigenvalue weighted by atomic mass is 10.1. The Bertz CT molecular complexity index is 1400. The zero-order valence-electron chi connectivity index (χ0n) is 19.3. The summed E-state index contributed by atoms with van der Waals surface area (Å²) in [6.07, 6.45) is 3.40. The molecule has 0 radical (unpaired) electrons. The monoisotopic (exact) mass is 492 g/mol. The van der Waals surface area contributed by atoms with E-state index < -0.39 is 0 Å². The van der Waals surface area contributed by atoms with Gasteiger partial charge in [-0.25, -0.2) is 0 Å². The number of carbonyl (C=O) groups is 2. The molecule has 2 amide bonds. The van der Waals surface area contributed by atoms with E-state index in [1.54, 1.807) is 41.0 Å². The van der Waals surface area contributed by atoms with Crippen LogP contribution in [-0.2, 0) is 11.8 Å². The molecule has 5 rings (SSSR count). The second kappa shape index (κ2) is 9.39. The number of amides is 2. The largest absolute Gasteiger partial charge is 0.356 e. The van der Waals surface area contributed by atoms with Crippen LogP contribution in [0.5, 0.6) is 0 Å². The van der Waals surface area contributed by atoms with Gasteiger partial charge in [0.05, 0.1) is 23.4 Å². The van der Waals surface area contributed by atoms with E-state index in [1.165, 1.54) is 16.0 Å². The van der Waals surface area contributed by atoms with Gasteiger partial charge in [-0.3, -0.25) is 24.6 Å². The van der Waals surface area contributed by atoms with Crippen LogP contribution in [0.3, 0.4) is 0 Å². The molecule has 3 aliphatic rings. The molecule has 35 heavy (non-hydrogen) atoms. The number of nitrogens with zero attached hydrogens (tertiary/aromatic N) is 7. The number of pyridine rings is 1. The van der Waals surface area contributed by atoms with Crippen LogP contribution in [0, 0.1) is 6.92 Å². The van der Waals surface area contributed by atoms with Crippen molar-refractivity contribution in [3.63, 3.8) is 0 Å². The first-order chi connectivity index (χ1) is 16.9. The molecule has 2 aromatic rings. The normalized spacial score (nSPS) is 14.4. The number of aromatic nitrogens is 5. The van der Waals surface area contributed by atoms with Gasteiger partial charge in [0.2, 0.25) is 11.0 Å². The van der Waals surface area contributed by atoms with Crippen molar-refractivity contribution in [3.05, 3.63) is 63.7 Å². The maximum absolute atomic E-state index is 13.4. The molecule has 1 aromatic carbocycles. The second-order valence-electron chi connectivity index (χ2n) is 8.39. The summed E-state index contributed by atoms with van der Waals surface area (Å²) in [6.45, 7) is 4.09. The lowest BCUT2D eigenvalue weighted by Crippen LogP contribution is -2.50. The zero-order valence-corrected chi connectivity index (χ0v) is 20.2. The zero-order chi connectivity index (χ0) is 24.5. The third-order valence-corrected chi connectivity index (χ3v) is 6.58. The van der Waals surface area contributed by atoms with Crippen molar-refractivity contribution in [2.24, 2.45) is 7.05 Å². The number of piperazine rings is 1. The molecule has 11 nitrogen and oxygen atoms in total. The molecule has 1 saturated heterocycles. The van der Waals surface area contributed by atoms with Crippen molar-refractivity contribution >= 4 is 28.3 Å². The van der Waals surface area contributed by atoms with Crippen molar-refractivity contribution in [3.8, 4) is 16.9 Å². The van der Waals surface area contributed by atoms with Crippen LogP contribution in [0.25, 0.3) is 16.9 Å². The number of hydrogen-bond acceptors (Lipinski definition) is 8. The maximum Gasteiger partial charge on any atom is 0.282 e. The Hall–Kier alpha value is -3.90. The SMILES string of the molecule is Cc1nnc(NC(=O)CN2CCN(C(=O)c3cn(C)cc4c(=O)n(-c5ccccc5)nc3-4)CC2)s1. The van der Waals surface area contributed by atoms with Gasteiger partial charge in [-0.05, 0) is 19.1 Å². The van der Waals surface area contributed by atoms with Gasteiger partial charge < -0.3 is 9.47 Å². The number of hydrogen-bond donors (Lipinski definition) is 1. The first kappa shape index (κ1) is 22.9. The van der Waals surface area contributed by atoms with Gasteiger partial charge in [-0.2, -0.15) is 9.78 Å². The van der Waals surface area contributed by atoms with Crippen molar-refractivity contribution in [1.82, 2.24) is 34.3 Å². The number of benzene rings is 1. The van der Waals surface area contributed by atoms with Crippen LogP contribution < -0.4 is 10.9 Å². The molecule has 0 bridgehead atoms. The predicted octanol–water partition coefficient (Wildman–Crippen LogP) is 1.23. The summed E-state index contributed by atoms with van der Waals surface area (Å²) < 4.78 is 3.04. The summed E-state index contributed by atoms with van der Waals surface area (Å²) in [5, 5.41) is 16.3. The molecule has 1 aromatic heterocycles. The van der Waals surface area contributed by atoms with E-state index in [-0.39, 0.29) is 23.9 Å². The molecule has 0 atom stereocenters. The maximum atomic E-state index is 13.4. The Kier molecular flexibility index (Phi) is 6.14. The standard InChI is InChI=1S/C23H24N8O3S/c1-15-25-26-23(35-15)24-19(32)14-29-8-10-30(11-9-29)21(33)17-12-28(2)13-18-20(17)27-31(22(18)34)16-6-4-3-5-7-16/h3-7,12-13H,8-11,14H2,1-2H3,(H,24,26,32). The average molecular weight is 493 g/mol. The lowest BCUT2D eigenvalue weighted by Gasteiger charge is -2.34. The minimum absolute atomic E-state index is 0.160. The molecule has 0 spiro atoms. The molecule has 4 heterocycles. The first-order valence-corrected chi connectivity index (χ1v) is 12.0. The van der Waals surface area contributed by atoms with Gasteiger partial charge in [-0.1, -0.05) is 29.5 Å². The molecule has 1 fully saturated rings. The van der Waals surface area contributed by atoms with E-state index in [0.29, 0.717) is 53.8 Å². The van der Waals surface area contributed by atoms with Crippen LogP contribution in [0.1, 0.15) is 15.4 Å². The van der Waals surface area contributed by atoms with Gasteiger partial charge in [0, 0.05) is 45.6 Å². The number of anilines is 1. The number of aryl methyl sites for hydroxylation is 2. The average Bonchev–Trinajstić information content (AvgIpc) is 3.41. The highest BCUT2D eigenvalue weighted by Gasteiger charge is 2.29. The van der Waals surface area contributed by atoms with Gasteiger partial charge in [0.1, 0.15) is 10.7 Å². The smallest absolute Gasteiger partial charge is 0.282 e. The van der Waals surface area contributed by atoms with Crippen LogP contribution in [-0.4, -0.2) is 78.9 Å². The van der Waals surface area contributed by atoms with Crippen LogP contribution >= 0.6 is 11.3 Å². The fourth-order valence-corrected chi connectivity index (χ4v) is 4.73. The third kappa shape index (κ3) is 4.70. The van der Waals surface area contributed by atoms with E-state index in [0.717, 1.165) is 5.01 Å². The highest BCUT2D eigenvalue weighted by atomic mass is 32.1. The van der Waals surface area contributed by atoms with Gasteiger partial charge in [0.25, 0.3) is 11.5 Å². The minimum atomic E-state index is -0.266. The predicted molar refractivity (Wildman–Crippen MR) is 131 cm³/mol. The highest BCUT2D eigenvalue weighted by molar-refractivity contribution is 7.15. The summed E-state index contributed by atoms with van der Waals surface area (Å²) in [4.78, 5) is 42.5. The molecular formula is C23H24N8O3S. The number of para-hydroxylation sites is 1. The van der Waals surface area contributed by atoms with Gasteiger partial charge in [0.15, 0.2) is 0 Å². The van der Waals surface area contributed by atoms with E-state index >= 15 is 0 Å². The lowest BCUT2D eigenvalue weighted by molar-refractivity contribution is -0.117. The summed E-state index contributed by atoms with van der Waals surface area (Å²) in [5.41, 5.74) is 1.54. The van der Waals surface area contributed by atoms with Crippen LogP contribution in [0.4, 0.5) is 5.13 Å². The van der Waals surface area contributed by atoms with Crippen molar-refractivity contribution in [1.29, 1.82) is 0 Å². The molecule has 3 aliphatic heterocycles. The quantitative estimate of drug-likeness (QED) is 0.445. The van der Waals surface area contributed by atoms with Crippen LogP contribution in [0.2, 0.25) is 0 Å². The van der Waals surface area contributed by atoms with Gasteiger partial charge in [-0.15, -0.1) is 10.2 Å². The molecule has 1 N–H and O–H groups in total. The van der Waals surface area contributed by atoms with Gasteiger partial charge >= 0.3 is 0 Å². The molecule has 0 unspecified atom stereocenters. The van der Waals surface area contributed by atoms with E-state index in [4.69, 9.17) is 0 Å². The molecule has 180 valence electrons. The number of fused-ring (bicyclic) bond motifs is 1. The molecule has 0 saturated carbocycles. The topological polar surface area (TPSA) is 118 Å². The fourth-order valence-electron chi connectivity index (χ4n) is 4.12. The van der Waals surface area contributed by atoms with Crippen molar-refractivity contribution in [2.45, 2.75) is 6.92 Å². The number of rotatable bonds is 5. The summed E-state index contributed by atoms with van der Waals surface area (Å²) in [7, 11) is 1.78. The first-order valence-electron chi connectivity index (χ1n) is 11.1. The van der Waals surface area contributed by atoms with Crippen molar-refractivity contribution < 1.29 is 9.59 Å². The van der Waals surface area contributed by atoms with E-state index in [1.807, 2.05) is 30.0 Å². The minimum Gasteiger partial charge on any atom is -0.356 e. The Morgan fingerprint density at radius 2 is 1.80 bits per heavy atom. The summed E-state index contributed by atoms with van der Waals surface area (Å²) in [5.74, 6) is -0.343. The van der Waals surface area contributed by atoms with Crippen LogP contribution in [0.15, 0.2) is 47.5 Å². The summed E-state index contributed by atoms with van der Waals surface area (Å²) in [6, 6.07) is 9.14. The second-order valence-corrected chi connectivity index (χ2v) is 9.58. The Morgan fingerprint density at radius 1 is 1.06 bits per heavy atom. The molecular weight excluding hydrogens is 468 g/mol. The fraction of sp³-hybridized carbons (Fsp3) is 0.304. The highest BCUT2D eigenvalue weighted by Crippen LogP contribution is 2.24. The van der Waals surface area contributed by atoms with Crippen molar-refractivity contribution in [2.75, 3.05) is 38.0 Å². The molecule has 0 aliphatic carbocycles. The number of carbonyl (C=O) groups excluding carboxylic acids is 2. The summed E-state index contributed by atoms with van der Waals surface area (Å²) >= 11 is 1.33. The Morgan fingerprint density at radius 3 is 2.49 bits per heavy atom. The Balaban J connectivity index is 1.29.